The van der Waals surface area contributed by atoms with E-state index in [9.17, 15) is 4.79 Å². The van der Waals surface area contributed by atoms with E-state index in [1.807, 2.05) is 13.8 Å². The Kier molecular flexibility index (Phi) is 5.01. The number of hydrogen-bond donors (Lipinski definition) is 3. The molecule has 0 aromatic rings. The second kappa shape index (κ2) is 6.05. The summed E-state index contributed by atoms with van der Waals surface area (Å²) in [6, 6.07) is 0.494. The van der Waals surface area contributed by atoms with E-state index in [-0.39, 0.29) is 18.0 Å². The topological polar surface area (TPSA) is 70.4 Å². The van der Waals surface area contributed by atoms with Crippen molar-refractivity contribution < 1.29 is 4.79 Å². The van der Waals surface area contributed by atoms with Gasteiger partial charge in [-0.3, -0.25) is 9.69 Å². The van der Waals surface area contributed by atoms with Crippen LogP contribution in [-0.4, -0.2) is 55.6 Å². The highest BCUT2D eigenvalue weighted by Crippen LogP contribution is 2.01. The zero-order valence-corrected chi connectivity index (χ0v) is 9.62. The summed E-state index contributed by atoms with van der Waals surface area (Å²) in [6.45, 7) is 7.71. The Balaban J connectivity index is 2.37. The highest BCUT2D eigenvalue weighted by Gasteiger charge is 2.22. The maximum Gasteiger partial charge on any atom is 0.234 e. The zero-order chi connectivity index (χ0) is 11.3. The molecule has 15 heavy (non-hydrogen) atoms. The van der Waals surface area contributed by atoms with Crippen LogP contribution in [0.25, 0.3) is 0 Å². The lowest BCUT2D eigenvalue weighted by molar-refractivity contribution is -0.123. The Morgan fingerprint density at radius 1 is 1.67 bits per heavy atom. The Labute approximate surface area is 91.4 Å². The van der Waals surface area contributed by atoms with Gasteiger partial charge < -0.3 is 16.4 Å². The van der Waals surface area contributed by atoms with Crippen molar-refractivity contribution in [3.05, 3.63) is 0 Å². The molecule has 5 nitrogen and oxygen atoms in total. The van der Waals surface area contributed by atoms with Crippen LogP contribution in [0.15, 0.2) is 0 Å². The third-order valence-electron chi connectivity index (χ3n) is 2.54. The minimum atomic E-state index is 0.0883. The van der Waals surface area contributed by atoms with Crippen molar-refractivity contribution in [2.75, 3.05) is 32.7 Å². The standard InChI is InChI=1S/C10H22N4O/c1-8(2)13-10(15)7-14-4-3-12-6-9(14)5-11/h8-9,12H,3-7,11H2,1-2H3,(H,13,15). The van der Waals surface area contributed by atoms with E-state index in [1.165, 1.54) is 0 Å². The molecule has 0 aromatic heterocycles. The summed E-state index contributed by atoms with van der Waals surface area (Å²) in [5.74, 6) is 0.0883. The summed E-state index contributed by atoms with van der Waals surface area (Å²) < 4.78 is 0. The number of rotatable bonds is 4. The highest BCUT2D eigenvalue weighted by atomic mass is 16.2. The molecule has 1 amide bonds. The predicted octanol–water partition coefficient (Wildman–Crippen LogP) is -1.26. The van der Waals surface area contributed by atoms with Gasteiger partial charge in [0, 0.05) is 38.3 Å². The van der Waals surface area contributed by atoms with Gasteiger partial charge in [-0.05, 0) is 13.8 Å². The van der Waals surface area contributed by atoms with E-state index in [4.69, 9.17) is 5.73 Å². The average Bonchev–Trinajstić information content (AvgIpc) is 2.17. The van der Waals surface area contributed by atoms with E-state index < -0.39 is 0 Å². The SMILES string of the molecule is CC(C)NC(=O)CN1CCNCC1CN. The molecule has 1 rings (SSSR count). The summed E-state index contributed by atoms with van der Waals surface area (Å²) in [5, 5.41) is 6.17. The van der Waals surface area contributed by atoms with Gasteiger partial charge in [-0.15, -0.1) is 0 Å². The number of carbonyl (C=O) groups excluding carboxylic acids is 1. The van der Waals surface area contributed by atoms with E-state index >= 15 is 0 Å². The zero-order valence-electron chi connectivity index (χ0n) is 9.62. The normalized spacial score (nSPS) is 23.1. The summed E-state index contributed by atoms with van der Waals surface area (Å²) in [5.41, 5.74) is 5.66. The van der Waals surface area contributed by atoms with Gasteiger partial charge in [0.2, 0.25) is 5.91 Å². The van der Waals surface area contributed by atoms with Crippen molar-refractivity contribution in [3.63, 3.8) is 0 Å². The number of hydrogen-bond acceptors (Lipinski definition) is 4. The Morgan fingerprint density at radius 3 is 3.00 bits per heavy atom. The van der Waals surface area contributed by atoms with Gasteiger partial charge in [-0.25, -0.2) is 0 Å². The van der Waals surface area contributed by atoms with Crippen LogP contribution in [0.4, 0.5) is 0 Å². The minimum Gasteiger partial charge on any atom is -0.353 e. The van der Waals surface area contributed by atoms with E-state index in [0.29, 0.717) is 13.1 Å². The number of nitrogens with zero attached hydrogens (tertiary/aromatic N) is 1. The molecule has 4 N–H and O–H groups in total. The van der Waals surface area contributed by atoms with Gasteiger partial charge in [0.1, 0.15) is 0 Å². The second-order valence-electron chi connectivity index (χ2n) is 4.29. The molecule has 1 atom stereocenters. The Morgan fingerprint density at radius 2 is 2.40 bits per heavy atom. The number of amides is 1. The quantitative estimate of drug-likeness (QED) is 0.546. The second-order valence-corrected chi connectivity index (χ2v) is 4.29. The predicted molar refractivity (Wildman–Crippen MR) is 60.6 cm³/mol. The summed E-state index contributed by atoms with van der Waals surface area (Å²) >= 11 is 0. The summed E-state index contributed by atoms with van der Waals surface area (Å²) in [4.78, 5) is 13.7. The van der Waals surface area contributed by atoms with Crippen molar-refractivity contribution in [1.82, 2.24) is 15.5 Å². The third-order valence-corrected chi connectivity index (χ3v) is 2.54. The van der Waals surface area contributed by atoms with E-state index in [1.54, 1.807) is 0 Å². The molecule has 0 bridgehead atoms. The van der Waals surface area contributed by atoms with Crippen LogP contribution in [0.1, 0.15) is 13.8 Å². The van der Waals surface area contributed by atoms with Crippen molar-refractivity contribution in [2.45, 2.75) is 25.9 Å². The van der Waals surface area contributed by atoms with Crippen LogP contribution in [-0.2, 0) is 4.79 Å². The lowest BCUT2D eigenvalue weighted by Gasteiger charge is -2.34. The van der Waals surface area contributed by atoms with E-state index in [2.05, 4.69) is 15.5 Å². The maximum absolute atomic E-state index is 11.6. The fourth-order valence-corrected chi connectivity index (χ4v) is 1.80. The first-order chi connectivity index (χ1) is 7.13. The number of piperazine rings is 1. The van der Waals surface area contributed by atoms with Crippen molar-refractivity contribution in [1.29, 1.82) is 0 Å². The average molecular weight is 214 g/mol. The Bertz CT molecular complexity index is 208. The molecule has 1 aliphatic rings. The van der Waals surface area contributed by atoms with Crippen molar-refractivity contribution >= 4 is 5.91 Å². The smallest absolute Gasteiger partial charge is 0.234 e. The van der Waals surface area contributed by atoms with Gasteiger partial charge in [0.05, 0.1) is 6.54 Å². The van der Waals surface area contributed by atoms with Gasteiger partial charge >= 0.3 is 0 Å². The molecule has 0 spiro atoms. The van der Waals surface area contributed by atoms with Crippen LogP contribution in [0.3, 0.4) is 0 Å². The van der Waals surface area contributed by atoms with Crippen LogP contribution in [0, 0.1) is 0 Å². The first-order valence-electron chi connectivity index (χ1n) is 5.57. The molecule has 0 saturated carbocycles. The third kappa shape index (κ3) is 4.15. The van der Waals surface area contributed by atoms with Gasteiger partial charge in [-0.1, -0.05) is 0 Å². The molecule has 5 heteroatoms. The van der Waals surface area contributed by atoms with Gasteiger partial charge in [-0.2, -0.15) is 0 Å². The maximum atomic E-state index is 11.6. The monoisotopic (exact) mass is 214 g/mol. The van der Waals surface area contributed by atoms with Crippen LogP contribution < -0.4 is 16.4 Å². The Hall–Kier alpha value is -0.650. The largest absolute Gasteiger partial charge is 0.353 e. The molecule has 0 aromatic carbocycles. The molecule has 0 aliphatic carbocycles. The molecule has 1 fully saturated rings. The van der Waals surface area contributed by atoms with Crippen LogP contribution >= 0.6 is 0 Å². The fraction of sp³-hybridized carbons (Fsp3) is 0.900. The highest BCUT2D eigenvalue weighted by molar-refractivity contribution is 5.78. The number of nitrogens with one attached hydrogen (secondary N) is 2. The molecular formula is C10H22N4O. The molecular weight excluding hydrogens is 192 g/mol. The lowest BCUT2D eigenvalue weighted by Crippen LogP contribution is -2.56. The van der Waals surface area contributed by atoms with Crippen LogP contribution in [0.5, 0.6) is 0 Å². The molecule has 1 heterocycles. The fourth-order valence-electron chi connectivity index (χ4n) is 1.80. The molecule has 0 radical (unpaired) electrons. The first kappa shape index (κ1) is 12.4. The summed E-state index contributed by atoms with van der Waals surface area (Å²) in [6.07, 6.45) is 0. The lowest BCUT2D eigenvalue weighted by atomic mass is 10.2. The number of carbonyl (C=O) groups is 1. The van der Waals surface area contributed by atoms with Crippen LogP contribution in [0.2, 0.25) is 0 Å². The minimum absolute atomic E-state index is 0.0883. The summed E-state index contributed by atoms with van der Waals surface area (Å²) in [7, 11) is 0. The van der Waals surface area contributed by atoms with Crippen molar-refractivity contribution in [2.24, 2.45) is 5.73 Å². The van der Waals surface area contributed by atoms with Gasteiger partial charge in [0.15, 0.2) is 0 Å². The number of nitrogens with two attached hydrogens (primary N) is 1. The molecule has 1 saturated heterocycles. The molecule has 88 valence electrons. The molecule has 1 unspecified atom stereocenters. The molecule has 1 aliphatic heterocycles. The van der Waals surface area contributed by atoms with Crippen molar-refractivity contribution in [3.8, 4) is 0 Å². The van der Waals surface area contributed by atoms with Gasteiger partial charge in [0.25, 0.3) is 0 Å². The first-order valence-corrected chi connectivity index (χ1v) is 5.57. The van der Waals surface area contributed by atoms with E-state index in [0.717, 1.165) is 19.6 Å².